The number of hydrogen-bond acceptors (Lipinski definition) is 6. The highest BCUT2D eigenvalue weighted by molar-refractivity contribution is 7.89. The van der Waals surface area contributed by atoms with Gasteiger partial charge in [0.1, 0.15) is 4.90 Å². The van der Waals surface area contributed by atoms with Crippen LogP contribution in [0.15, 0.2) is 41.7 Å². The Morgan fingerprint density at radius 3 is 2.90 bits per heavy atom. The highest BCUT2D eigenvalue weighted by Gasteiger charge is 2.14. The van der Waals surface area contributed by atoms with Crippen LogP contribution in [-0.4, -0.2) is 30.1 Å². The number of nitrogens with zero attached hydrogens (tertiary/aromatic N) is 3. The summed E-state index contributed by atoms with van der Waals surface area (Å²) in [5.74, 6) is 5.38. The number of pyridine rings is 1. The molecule has 21 heavy (non-hydrogen) atoms. The molecule has 0 amide bonds. The summed E-state index contributed by atoms with van der Waals surface area (Å²) < 4.78 is 26.8. The van der Waals surface area contributed by atoms with Gasteiger partial charge in [0, 0.05) is 24.2 Å². The van der Waals surface area contributed by atoms with Crippen molar-refractivity contribution in [3.05, 3.63) is 48.0 Å². The van der Waals surface area contributed by atoms with E-state index >= 15 is 0 Å². The van der Waals surface area contributed by atoms with Gasteiger partial charge in [-0.1, -0.05) is 11.8 Å². The van der Waals surface area contributed by atoms with Gasteiger partial charge in [-0.05, 0) is 18.2 Å². The summed E-state index contributed by atoms with van der Waals surface area (Å²) in [7, 11) is -3.69. The van der Waals surface area contributed by atoms with E-state index in [0.717, 1.165) is 0 Å². The zero-order chi connectivity index (χ0) is 15.1. The summed E-state index contributed by atoms with van der Waals surface area (Å²) in [4.78, 5) is 3.91. The van der Waals surface area contributed by atoms with E-state index in [0.29, 0.717) is 11.3 Å². The van der Waals surface area contributed by atoms with Crippen molar-refractivity contribution < 1.29 is 8.42 Å². The SMILES string of the molecule is NCC#Cc1cncc(S(=O)(=O)NCc2cccnn2)c1. The second kappa shape index (κ2) is 6.90. The number of nitrogens with one attached hydrogen (secondary N) is 1. The number of nitrogens with two attached hydrogens (primary N) is 1. The van der Waals surface area contributed by atoms with Crippen LogP contribution >= 0.6 is 0 Å². The minimum Gasteiger partial charge on any atom is -0.320 e. The van der Waals surface area contributed by atoms with Gasteiger partial charge < -0.3 is 5.73 Å². The minimum atomic E-state index is -3.69. The zero-order valence-corrected chi connectivity index (χ0v) is 11.8. The van der Waals surface area contributed by atoms with Gasteiger partial charge in [0.2, 0.25) is 10.0 Å². The number of aromatic nitrogens is 3. The molecule has 108 valence electrons. The first-order valence-electron chi connectivity index (χ1n) is 6.02. The van der Waals surface area contributed by atoms with Crippen LogP contribution in [-0.2, 0) is 16.6 Å². The van der Waals surface area contributed by atoms with Gasteiger partial charge in [0.05, 0.1) is 18.8 Å². The average molecular weight is 303 g/mol. The Labute approximate surface area is 122 Å². The molecule has 0 saturated heterocycles. The maximum atomic E-state index is 12.2. The maximum Gasteiger partial charge on any atom is 0.242 e. The van der Waals surface area contributed by atoms with E-state index in [2.05, 4.69) is 31.7 Å². The predicted molar refractivity (Wildman–Crippen MR) is 76.2 cm³/mol. The summed E-state index contributed by atoms with van der Waals surface area (Å²) in [5.41, 5.74) is 6.28. The van der Waals surface area contributed by atoms with Crippen molar-refractivity contribution in [2.45, 2.75) is 11.4 Å². The molecule has 0 aliphatic carbocycles. The van der Waals surface area contributed by atoms with Gasteiger partial charge in [0.25, 0.3) is 0 Å². The highest BCUT2D eigenvalue weighted by Crippen LogP contribution is 2.09. The van der Waals surface area contributed by atoms with Gasteiger partial charge in [-0.15, -0.1) is 0 Å². The number of rotatable bonds is 4. The van der Waals surface area contributed by atoms with E-state index < -0.39 is 10.0 Å². The minimum absolute atomic E-state index is 0.0372. The molecule has 0 aromatic carbocycles. The summed E-state index contributed by atoms with van der Waals surface area (Å²) in [6.45, 7) is 0.247. The molecule has 3 N–H and O–H groups in total. The third-order valence-electron chi connectivity index (χ3n) is 2.43. The Morgan fingerprint density at radius 2 is 2.19 bits per heavy atom. The molecule has 0 spiro atoms. The molecule has 8 heteroatoms. The van der Waals surface area contributed by atoms with E-state index in [4.69, 9.17) is 5.73 Å². The van der Waals surface area contributed by atoms with E-state index in [1.807, 2.05) is 0 Å². The molecule has 7 nitrogen and oxygen atoms in total. The van der Waals surface area contributed by atoms with Crippen LogP contribution in [0, 0.1) is 11.8 Å². The quantitative estimate of drug-likeness (QED) is 0.748. The largest absolute Gasteiger partial charge is 0.320 e. The molecule has 0 radical (unpaired) electrons. The number of hydrogen-bond donors (Lipinski definition) is 2. The Balaban J connectivity index is 2.16. The third kappa shape index (κ3) is 4.32. The first-order valence-corrected chi connectivity index (χ1v) is 7.50. The molecule has 0 bridgehead atoms. The van der Waals surface area contributed by atoms with E-state index in [1.54, 1.807) is 12.1 Å². The molecule has 0 aliphatic heterocycles. The molecule has 2 rings (SSSR count). The molecule has 2 heterocycles. The lowest BCUT2D eigenvalue weighted by Crippen LogP contribution is -2.24. The van der Waals surface area contributed by atoms with E-state index in [-0.39, 0.29) is 18.0 Å². The molecule has 0 fully saturated rings. The fourth-order valence-corrected chi connectivity index (χ4v) is 2.45. The van der Waals surface area contributed by atoms with Crippen molar-refractivity contribution in [3.63, 3.8) is 0 Å². The standard InChI is InChI=1S/C13H13N5O2S/c14-5-1-3-11-7-13(10-15-8-11)21(19,20)17-9-12-4-2-6-16-18-12/h2,4,6-8,10,17H,5,9,14H2. The van der Waals surface area contributed by atoms with E-state index in [9.17, 15) is 8.42 Å². The van der Waals surface area contributed by atoms with Crippen molar-refractivity contribution in [2.24, 2.45) is 5.73 Å². The fraction of sp³-hybridized carbons (Fsp3) is 0.154. The van der Waals surface area contributed by atoms with Gasteiger partial charge in [-0.3, -0.25) is 4.98 Å². The fourth-order valence-electron chi connectivity index (χ4n) is 1.47. The Kier molecular flexibility index (Phi) is 4.94. The molecule has 2 aromatic rings. The van der Waals surface area contributed by atoms with Gasteiger partial charge in [-0.25, -0.2) is 13.1 Å². The van der Waals surface area contributed by atoms with Crippen LogP contribution in [0.3, 0.4) is 0 Å². The van der Waals surface area contributed by atoms with Crippen molar-refractivity contribution >= 4 is 10.0 Å². The molecule has 2 aromatic heterocycles. The maximum absolute atomic E-state index is 12.2. The van der Waals surface area contributed by atoms with Crippen molar-refractivity contribution in [2.75, 3.05) is 6.54 Å². The predicted octanol–water partition coefficient (Wildman–Crippen LogP) is -0.340. The van der Waals surface area contributed by atoms with Gasteiger partial charge in [0.15, 0.2) is 0 Å². The van der Waals surface area contributed by atoms with Crippen LogP contribution in [0.4, 0.5) is 0 Å². The molecule has 0 atom stereocenters. The Bertz CT molecular complexity index is 766. The first-order chi connectivity index (χ1) is 10.1. The number of sulfonamides is 1. The summed E-state index contributed by atoms with van der Waals surface area (Å²) in [6.07, 6.45) is 4.25. The Hall–Kier alpha value is -2.34. The lowest BCUT2D eigenvalue weighted by molar-refractivity contribution is 0.579. The van der Waals surface area contributed by atoms with Gasteiger partial charge >= 0.3 is 0 Å². The van der Waals surface area contributed by atoms with Gasteiger partial charge in [-0.2, -0.15) is 10.2 Å². The topological polar surface area (TPSA) is 111 Å². The van der Waals surface area contributed by atoms with Crippen molar-refractivity contribution in [1.29, 1.82) is 0 Å². The normalized spacial score (nSPS) is 10.7. The molecule has 0 unspecified atom stereocenters. The van der Waals surface area contributed by atoms with Crippen molar-refractivity contribution in [3.8, 4) is 11.8 Å². The third-order valence-corrected chi connectivity index (χ3v) is 3.80. The average Bonchev–Trinajstić information content (AvgIpc) is 2.52. The Morgan fingerprint density at radius 1 is 1.33 bits per heavy atom. The monoisotopic (exact) mass is 303 g/mol. The first kappa shape index (κ1) is 15.1. The summed E-state index contributed by atoms with van der Waals surface area (Å²) in [5, 5.41) is 7.48. The molecular formula is C13H13N5O2S. The van der Waals surface area contributed by atoms with Crippen LogP contribution in [0.1, 0.15) is 11.3 Å². The highest BCUT2D eigenvalue weighted by atomic mass is 32.2. The lowest BCUT2D eigenvalue weighted by Gasteiger charge is -2.05. The van der Waals surface area contributed by atoms with Crippen LogP contribution in [0.5, 0.6) is 0 Å². The smallest absolute Gasteiger partial charge is 0.242 e. The molecular weight excluding hydrogens is 290 g/mol. The summed E-state index contributed by atoms with van der Waals surface area (Å²) in [6, 6.07) is 4.80. The van der Waals surface area contributed by atoms with Crippen molar-refractivity contribution in [1.82, 2.24) is 19.9 Å². The van der Waals surface area contributed by atoms with Crippen LogP contribution < -0.4 is 10.5 Å². The van der Waals surface area contributed by atoms with E-state index in [1.165, 1.54) is 24.7 Å². The lowest BCUT2D eigenvalue weighted by atomic mass is 10.3. The summed E-state index contributed by atoms with van der Waals surface area (Å²) >= 11 is 0. The second-order valence-corrected chi connectivity index (χ2v) is 5.72. The molecule has 0 saturated carbocycles. The van der Waals surface area contributed by atoms with Crippen LogP contribution in [0.2, 0.25) is 0 Å². The second-order valence-electron chi connectivity index (χ2n) is 3.95. The zero-order valence-electron chi connectivity index (χ0n) is 11.0. The molecule has 0 aliphatic rings. The van der Waals surface area contributed by atoms with Crippen LogP contribution in [0.25, 0.3) is 0 Å².